The molecule has 3 saturated carbocycles. The molecule has 150 valence electrons. The molecule has 0 aliphatic heterocycles. The van der Waals surface area contributed by atoms with Crippen LogP contribution < -0.4 is 0 Å². The van der Waals surface area contributed by atoms with E-state index in [0.717, 1.165) is 18.4 Å². The zero-order valence-electron chi connectivity index (χ0n) is 15.9. The van der Waals surface area contributed by atoms with E-state index in [4.69, 9.17) is 0 Å². The van der Waals surface area contributed by atoms with Gasteiger partial charge in [-0.15, -0.1) is 0 Å². The molecule has 0 unspecified atom stereocenters. The van der Waals surface area contributed by atoms with Gasteiger partial charge in [-0.3, -0.25) is 4.79 Å². The van der Waals surface area contributed by atoms with Gasteiger partial charge >= 0.3 is 0 Å². The third-order valence-corrected chi connectivity index (χ3v) is 8.47. The molecule has 6 nitrogen and oxygen atoms in total. The van der Waals surface area contributed by atoms with Gasteiger partial charge in [-0.2, -0.15) is 0 Å². The lowest BCUT2D eigenvalue weighted by Gasteiger charge is -2.60. The molecule has 0 bridgehead atoms. The maximum atomic E-state index is 11.8. The molecule has 0 aromatic rings. The molecule has 0 aromatic heterocycles. The molecule has 0 aromatic carbocycles. The van der Waals surface area contributed by atoms with Crippen LogP contribution in [-0.2, 0) is 4.79 Å². The van der Waals surface area contributed by atoms with E-state index in [1.54, 1.807) is 12.2 Å². The number of hydrogen-bond acceptors (Lipinski definition) is 6. The zero-order chi connectivity index (χ0) is 19.8. The van der Waals surface area contributed by atoms with Crippen LogP contribution in [0.4, 0.5) is 0 Å². The van der Waals surface area contributed by atoms with Crippen molar-refractivity contribution in [1.29, 1.82) is 0 Å². The first-order valence-corrected chi connectivity index (χ1v) is 9.91. The second-order valence-electron chi connectivity index (χ2n) is 9.49. The Morgan fingerprint density at radius 3 is 2.67 bits per heavy atom. The van der Waals surface area contributed by atoms with Gasteiger partial charge in [0.15, 0.2) is 5.78 Å². The highest BCUT2D eigenvalue weighted by Gasteiger charge is 2.70. The minimum Gasteiger partial charge on any atom is -0.394 e. The normalized spacial score (nSPS) is 52.6. The van der Waals surface area contributed by atoms with Crippen LogP contribution in [0.25, 0.3) is 0 Å². The molecule has 0 saturated heterocycles. The number of allylic oxidation sites excluding steroid dienone is 4. The number of ketones is 1. The molecule has 4 rings (SSSR count). The Balaban J connectivity index is 1.77. The van der Waals surface area contributed by atoms with Gasteiger partial charge in [-0.25, -0.2) is 0 Å². The molecule has 9 atom stereocenters. The highest BCUT2D eigenvalue weighted by atomic mass is 16.4. The van der Waals surface area contributed by atoms with E-state index >= 15 is 0 Å². The maximum Gasteiger partial charge on any atom is 0.178 e. The van der Waals surface area contributed by atoms with Crippen LogP contribution in [0.15, 0.2) is 23.8 Å². The Bertz CT molecular complexity index is 715. The van der Waals surface area contributed by atoms with Crippen LogP contribution in [0.3, 0.4) is 0 Å². The summed E-state index contributed by atoms with van der Waals surface area (Å²) in [4.78, 5) is 11.8. The van der Waals surface area contributed by atoms with Gasteiger partial charge in [-0.1, -0.05) is 25.5 Å². The minimum absolute atomic E-state index is 0.0206. The third-order valence-electron chi connectivity index (χ3n) is 8.47. The Labute approximate surface area is 159 Å². The van der Waals surface area contributed by atoms with Crippen molar-refractivity contribution < 1.29 is 30.3 Å². The quantitative estimate of drug-likeness (QED) is 0.472. The lowest BCUT2D eigenvalue weighted by molar-refractivity contribution is -0.225. The molecule has 0 amide bonds. The van der Waals surface area contributed by atoms with Crippen LogP contribution in [0.1, 0.15) is 39.5 Å². The summed E-state index contributed by atoms with van der Waals surface area (Å²) in [5.74, 6) is -0.168. The van der Waals surface area contributed by atoms with Gasteiger partial charge in [0, 0.05) is 16.7 Å². The second kappa shape index (κ2) is 5.97. The van der Waals surface area contributed by atoms with E-state index in [1.807, 2.05) is 13.0 Å². The first-order valence-electron chi connectivity index (χ1n) is 9.91. The van der Waals surface area contributed by atoms with Gasteiger partial charge in [0.2, 0.25) is 0 Å². The smallest absolute Gasteiger partial charge is 0.178 e. The third kappa shape index (κ3) is 2.28. The standard InChI is InChI=1S/C21H30O6/c1-19-6-5-12(23)7-11(19)3-4-13-14-8-16(25)21(27,17(26)10-22)20(14,2)9-15(24)18(13)19/h5-7,13-18,22,24-27H,3-4,8-10H2,1-2H3/t13-,14-,15-,16+,17+,18+,19-,20-,21-/m0/s1. The molecule has 0 spiro atoms. The molecular weight excluding hydrogens is 348 g/mol. The first-order chi connectivity index (χ1) is 12.6. The van der Waals surface area contributed by atoms with Gasteiger partial charge in [0.25, 0.3) is 0 Å². The van der Waals surface area contributed by atoms with Crippen LogP contribution in [0, 0.1) is 28.6 Å². The SMILES string of the molecule is C[C@]12C=CC(=O)C=C1CC[C@@H]1[C@@H]2[C@@H](O)C[C@@]2(C)[C@H]1C[C@@H](O)[C@]2(O)[C@H](O)CO. The number of aliphatic hydroxyl groups is 5. The molecule has 4 aliphatic rings. The fraction of sp³-hybridized carbons (Fsp3) is 0.762. The number of hydrogen-bond donors (Lipinski definition) is 5. The molecule has 27 heavy (non-hydrogen) atoms. The van der Waals surface area contributed by atoms with Crippen molar-refractivity contribution in [2.45, 2.75) is 63.4 Å². The summed E-state index contributed by atoms with van der Waals surface area (Å²) in [6, 6.07) is 0. The summed E-state index contributed by atoms with van der Waals surface area (Å²) in [5.41, 5.74) is -2.13. The summed E-state index contributed by atoms with van der Waals surface area (Å²) < 4.78 is 0. The fourth-order valence-electron chi connectivity index (χ4n) is 7.11. The average Bonchev–Trinajstić information content (AvgIpc) is 2.82. The highest BCUT2D eigenvalue weighted by Crippen LogP contribution is 2.67. The lowest BCUT2D eigenvalue weighted by Crippen LogP contribution is -2.65. The fourth-order valence-corrected chi connectivity index (χ4v) is 7.11. The topological polar surface area (TPSA) is 118 Å². The summed E-state index contributed by atoms with van der Waals surface area (Å²) in [5, 5.41) is 52.9. The van der Waals surface area contributed by atoms with Gasteiger partial charge in [0.05, 0.1) is 18.8 Å². The van der Waals surface area contributed by atoms with E-state index in [9.17, 15) is 30.3 Å². The number of carbonyl (C=O) groups excluding carboxylic acids is 1. The van der Waals surface area contributed by atoms with Gasteiger partial charge in [0.1, 0.15) is 11.7 Å². The van der Waals surface area contributed by atoms with Crippen LogP contribution >= 0.6 is 0 Å². The molecule has 3 fully saturated rings. The first kappa shape index (κ1) is 19.3. The number of carbonyl (C=O) groups is 1. The van der Waals surface area contributed by atoms with E-state index in [1.165, 1.54) is 0 Å². The molecular formula is C21H30O6. The minimum atomic E-state index is -1.85. The monoisotopic (exact) mass is 378 g/mol. The highest BCUT2D eigenvalue weighted by molar-refractivity contribution is 6.01. The predicted molar refractivity (Wildman–Crippen MR) is 97.4 cm³/mol. The Morgan fingerprint density at radius 2 is 2.00 bits per heavy atom. The van der Waals surface area contributed by atoms with Crippen molar-refractivity contribution in [2.75, 3.05) is 6.61 Å². The summed E-state index contributed by atoms with van der Waals surface area (Å²) in [7, 11) is 0. The molecule has 4 aliphatic carbocycles. The molecule has 0 heterocycles. The lowest BCUT2D eigenvalue weighted by atomic mass is 9.46. The maximum absolute atomic E-state index is 11.8. The number of aliphatic hydroxyl groups excluding tert-OH is 4. The van der Waals surface area contributed by atoms with Crippen molar-refractivity contribution in [2.24, 2.45) is 28.6 Å². The van der Waals surface area contributed by atoms with Crippen LogP contribution in [0.2, 0.25) is 0 Å². The van der Waals surface area contributed by atoms with Crippen molar-refractivity contribution in [3.05, 3.63) is 23.8 Å². The summed E-state index contributed by atoms with van der Waals surface area (Å²) >= 11 is 0. The summed E-state index contributed by atoms with van der Waals surface area (Å²) in [6.45, 7) is 3.24. The molecule has 5 N–H and O–H groups in total. The van der Waals surface area contributed by atoms with Gasteiger partial charge in [-0.05, 0) is 49.7 Å². The van der Waals surface area contributed by atoms with E-state index in [-0.39, 0.29) is 30.0 Å². The van der Waals surface area contributed by atoms with Crippen molar-refractivity contribution >= 4 is 5.78 Å². The van der Waals surface area contributed by atoms with Crippen LogP contribution in [-0.4, -0.2) is 61.8 Å². The zero-order valence-corrected chi connectivity index (χ0v) is 15.9. The van der Waals surface area contributed by atoms with Gasteiger partial charge < -0.3 is 25.5 Å². The molecule has 0 radical (unpaired) electrons. The van der Waals surface area contributed by atoms with E-state index in [0.29, 0.717) is 6.42 Å². The predicted octanol–water partition coefficient (Wildman–Crippen LogP) is 0.320. The Hall–Kier alpha value is -1.05. The second-order valence-corrected chi connectivity index (χ2v) is 9.49. The van der Waals surface area contributed by atoms with E-state index < -0.39 is 41.3 Å². The average molecular weight is 378 g/mol. The number of fused-ring (bicyclic) bond motifs is 5. The van der Waals surface area contributed by atoms with E-state index in [2.05, 4.69) is 6.92 Å². The summed E-state index contributed by atoms with van der Waals surface area (Å²) in [6.07, 6.45) is 3.87. The number of rotatable bonds is 2. The van der Waals surface area contributed by atoms with Crippen LogP contribution in [0.5, 0.6) is 0 Å². The largest absolute Gasteiger partial charge is 0.394 e. The molecule has 6 heteroatoms. The van der Waals surface area contributed by atoms with Crippen molar-refractivity contribution in [3.8, 4) is 0 Å². The van der Waals surface area contributed by atoms with Crippen molar-refractivity contribution in [1.82, 2.24) is 0 Å². The Kier molecular flexibility index (Phi) is 4.26. The van der Waals surface area contributed by atoms with Crippen molar-refractivity contribution in [3.63, 3.8) is 0 Å². The Morgan fingerprint density at radius 1 is 1.30 bits per heavy atom.